The molecule has 0 fully saturated rings. The molecule has 0 bridgehead atoms. The molecule has 0 spiro atoms. The minimum absolute atomic E-state index is 1.14. The second kappa shape index (κ2) is 6.46. The quantitative estimate of drug-likeness (QED) is 0.645. The summed E-state index contributed by atoms with van der Waals surface area (Å²) in [6.07, 6.45) is 0. The second-order valence-electron chi connectivity index (χ2n) is 5.97. The van der Waals surface area contributed by atoms with Crippen LogP contribution >= 0.6 is 7.87 Å². The predicted molar refractivity (Wildman–Crippen MR) is 102 cm³/mol. The van der Waals surface area contributed by atoms with Gasteiger partial charge in [-0.15, -0.1) is 0 Å². The Labute approximate surface area is 135 Å². The molecule has 0 N–H and O–H groups in total. The van der Waals surface area contributed by atoms with Crippen LogP contribution in [0.5, 0.6) is 0 Å². The number of benzene rings is 3. The molecule has 0 saturated heterocycles. The Hall–Kier alpha value is -1.91. The molecule has 0 unspecified atom stereocenters. The first-order valence-electron chi connectivity index (χ1n) is 8.21. The van der Waals surface area contributed by atoms with Gasteiger partial charge < -0.3 is 0 Å². The van der Waals surface area contributed by atoms with E-state index in [0.29, 0.717) is 0 Å². The van der Waals surface area contributed by atoms with E-state index >= 15 is 0 Å². The second-order valence-corrected chi connectivity index (χ2v) is 8.46. The number of aryl methyl sites for hydroxylation is 3. The summed E-state index contributed by atoms with van der Waals surface area (Å²) in [5.41, 5.74) is 3.70. The molecule has 0 aromatic heterocycles. The molecule has 0 saturated carbocycles. The Morgan fingerprint density at radius 1 is 0.500 bits per heavy atom. The molecule has 22 heavy (non-hydrogen) atoms. The monoisotopic (exact) mass is 307 g/mol. The summed E-state index contributed by atoms with van der Waals surface area (Å²) in [6, 6.07) is 25.5. The van der Waals surface area contributed by atoms with Gasteiger partial charge in [0.05, 0.1) is 0 Å². The Kier molecular flexibility index (Phi) is 4.03. The average Bonchev–Trinajstić information content (AvgIpc) is 2.56. The van der Waals surface area contributed by atoms with Crippen LogP contribution in [0.15, 0.2) is 72.8 Å². The van der Waals surface area contributed by atoms with Gasteiger partial charge in [-0.2, -0.15) is 0 Å². The van der Waals surface area contributed by atoms with Crippen LogP contribution in [0.1, 0.15) is 16.7 Å². The maximum atomic E-state index is 9.49. The topological polar surface area (TPSA) is 0 Å². The molecule has 0 atom stereocenters. The van der Waals surface area contributed by atoms with Gasteiger partial charge in [0.25, 0.3) is 0 Å². The molecule has 112 valence electrons. The van der Waals surface area contributed by atoms with E-state index < -0.39 is 7.87 Å². The van der Waals surface area contributed by atoms with Crippen molar-refractivity contribution >= 4 is 23.8 Å². The van der Waals surface area contributed by atoms with E-state index in [0.717, 1.165) is 15.9 Å². The van der Waals surface area contributed by atoms with Crippen LogP contribution in [-0.2, 0) is 0 Å². The van der Waals surface area contributed by atoms with Crippen molar-refractivity contribution in [3.8, 4) is 0 Å². The fraction of sp³-hybridized carbons (Fsp3) is 0.143. The van der Waals surface area contributed by atoms with Crippen LogP contribution in [-0.4, -0.2) is 1.28 Å². The Morgan fingerprint density at radius 3 is 0.955 bits per heavy atom. The Balaban J connectivity index is 2.21. The van der Waals surface area contributed by atoms with Gasteiger partial charge in [-0.3, -0.25) is 0 Å². The molecule has 0 aliphatic rings. The van der Waals surface area contributed by atoms with Gasteiger partial charge in [0, 0.05) is 0 Å². The van der Waals surface area contributed by atoms with Crippen LogP contribution in [0.25, 0.3) is 0 Å². The zero-order valence-electron chi connectivity index (χ0n) is 14.4. The van der Waals surface area contributed by atoms with E-state index in [4.69, 9.17) is 0 Å². The van der Waals surface area contributed by atoms with Crippen molar-refractivity contribution < 1.29 is 0 Å². The molecule has 0 radical (unpaired) electrons. The van der Waals surface area contributed by atoms with Crippen LogP contribution in [0.2, 0.25) is 0 Å². The van der Waals surface area contributed by atoms with Crippen molar-refractivity contribution in [2.75, 3.05) is 0 Å². The van der Waals surface area contributed by atoms with Gasteiger partial charge >= 0.3 is 135 Å². The molecule has 0 nitrogen and oxygen atoms in total. The zero-order valence-corrected chi connectivity index (χ0v) is 14.4. The first-order chi connectivity index (χ1) is 11.0. The molecule has 0 heterocycles. The van der Waals surface area contributed by atoms with E-state index in [1.807, 2.05) is 0 Å². The van der Waals surface area contributed by atoms with E-state index in [1.54, 1.807) is 0 Å². The third-order valence-electron chi connectivity index (χ3n) is 4.02. The molecule has 1 heteroatoms. The van der Waals surface area contributed by atoms with Gasteiger partial charge in [0.15, 0.2) is 0 Å². The van der Waals surface area contributed by atoms with Gasteiger partial charge in [-0.25, -0.2) is 0 Å². The third kappa shape index (κ3) is 3.29. The van der Waals surface area contributed by atoms with E-state index in [1.165, 1.54) is 16.7 Å². The van der Waals surface area contributed by atoms with E-state index in [2.05, 4.69) is 93.6 Å². The summed E-state index contributed by atoms with van der Waals surface area (Å²) in [7, 11) is -2.70. The summed E-state index contributed by atoms with van der Waals surface area (Å²) in [6.45, 7) is 6.28. The molecule has 0 amide bonds. The van der Waals surface area contributed by atoms with Crippen molar-refractivity contribution in [3.63, 3.8) is 0 Å². The third-order valence-corrected chi connectivity index (χ3v) is 6.75. The van der Waals surface area contributed by atoms with Crippen LogP contribution < -0.4 is 15.9 Å². The summed E-state index contributed by atoms with van der Waals surface area (Å²) in [4.78, 5) is 0. The minimum atomic E-state index is -2.70. The summed E-state index contributed by atoms with van der Waals surface area (Å²) >= 11 is 0. The molecular formula is C21H23P. The molecule has 3 rings (SSSR count). The van der Waals surface area contributed by atoms with Crippen molar-refractivity contribution in [1.29, 1.82) is 1.28 Å². The van der Waals surface area contributed by atoms with Gasteiger partial charge in [0.1, 0.15) is 0 Å². The van der Waals surface area contributed by atoms with Gasteiger partial charge in [-0.1, -0.05) is 0 Å². The fourth-order valence-corrected chi connectivity index (χ4v) is 5.16. The summed E-state index contributed by atoms with van der Waals surface area (Å²) in [5, 5.41) is 3.41. The van der Waals surface area contributed by atoms with Gasteiger partial charge in [0.2, 0.25) is 0 Å². The average molecular weight is 307 g/mol. The molecule has 3 aromatic rings. The van der Waals surface area contributed by atoms with Crippen molar-refractivity contribution in [3.05, 3.63) is 89.5 Å². The number of hydrogen-bond donors (Lipinski definition) is 0. The summed E-state index contributed by atoms with van der Waals surface area (Å²) < 4.78 is 9.49. The van der Waals surface area contributed by atoms with Gasteiger partial charge in [-0.05, 0) is 0 Å². The summed E-state index contributed by atoms with van der Waals surface area (Å²) in [5.74, 6) is 0. The molecule has 0 aliphatic heterocycles. The number of rotatable bonds is 3. The van der Waals surface area contributed by atoms with E-state index in [-0.39, 0.29) is 0 Å². The van der Waals surface area contributed by atoms with E-state index in [9.17, 15) is 1.28 Å². The van der Waals surface area contributed by atoms with Crippen LogP contribution in [0, 0.1) is 20.8 Å². The Morgan fingerprint density at radius 2 is 0.727 bits per heavy atom. The maximum absolute atomic E-state index is 9.49. The SMILES string of the molecule is [2H][PH](c1ccc(C)cc1)(c1ccc(C)cc1)c1ccc(C)cc1. The van der Waals surface area contributed by atoms with Crippen LogP contribution in [0.4, 0.5) is 0 Å². The van der Waals surface area contributed by atoms with Crippen molar-refractivity contribution in [1.82, 2.24) is 0 Å². The zero-order chi connectivity index (χ0) is 16.4. The first kappa shape index (κ1) is 13.7. The molecule has 3 aromatic carbocycles. The normalized spacial score (nSPS) is 12.8. The van der Waals surface area contributed by atoms with Crippen molar-refractivity contribution in [2.45, 2.75) is 20.8 Å². The predicted octanol–water partition coefficient (Wildman–Crippen LogP) is 3.83. The molecular weight excluding hydrogens is 283 g/mol. The fourth-order valence-electron chi connectivity index (χ4n) is 2.66. The Bertz CT molecular complexity index is 676. The standard InChI is InChI=1S/C21H23P/c1-16-4-10-19(11-5-16)22(20-12-6-17(2)7-13-20)21-14-8-18(3)9-15-21/h4-15H,22H2,1-3H3/i22D. The van der Waals surface area contributed by atoms with Crippen molar-refractivity contribution in [2.24, 2.45) is 0 Å². The number of hydrogen-bond acceptors (Lipinski definition) is 0. The molecule has 0 aliphatic carbocycles. The van der Waals surface area contributed by atoms with Crippen LogP contribution in [0.3, 0.4) is 0 Å². The first-order valence-corrected chi connectivity index (χ1v) is 9.21.